The van der Waals surface area contributed by atoms with E-state index in [9.17, 15) is 0 Å². The van der Waals surface area contributed by atoms with E-state index < -0.39 is 0 Å². The zero-order chi connectivity index (χ0) is 9.19. The summed E-state index contributed by atoms with van der Waals surface area (Å²) in [6.45, 7) is 4.23. The molecule has 0 unspecified atom stereocenters. The number of nitrogen functional groups attached to an aromatic ring is 1. The summed E-state index contributed by atoms with van der Waals surface area (Å²) in [5, 5.41) is 0. The van der Waals surface area contributed by atoms with E-state index in [2.05, 4.69) is 13.8 Å². The first-order valence-corrected chi connectivity index (χ1v) is 4.52. The molecular weight excluding hydrogens is 170 g/mol. The van der Waals surface area contributed by atoms with E-state index in [1.54, 1.807) is 0 Å². The molecule has 0 aliphatic carbocycles. The minimum atomic E-state index is 0.0370. The molecule has 1 aromatic rings. The lowest BCUT2D eigenvalue weighted by Gasteiger charge is -2.21. The first-order chi connectivity index (χ1) is 5.56. The quantitative estimate of drug-likeness (QED) is 0.554. The predicted octanol–water partition coefficient (Wildman–Crippen LogP) is 2.79. The van der Waals surface area contributed by atoms with Crippen molar-refractivity contribution in [3.8, 4) is 0 Å². The zero-order valence-corrected chi connectivity index (χ0v) is 8.23. The fraction of sp³-hybridized carbons (Fsp3) is 0.400. The van der Waals surface area contributed by atoms with Gasteiger partial charge in [-0.15, -0.1) is 11.6 Å². The molecule has 0 heterocycles. The standard InChI is InChI=1S/C10H14ClN/c1-10(2,7-11)8-3-5-9(12)6-4-8/h3-6H,7,12H2,1-2H3. The van der Waals surface area contributed by atoms with Gasteiger partial charge < -0.3 is 5.73 Å². The number of rotatable bonds is 2. The van der Waals surface area contributed by atoms with Crippen LogP contribution in [0, 0.1) is 0 Å². The normalized spacial score (nSPS) is 11.6. The molecule has 0 aliphatic rings. The van der Waals surface area contributed by atoms with E-state index in [1.165, 1.54) is 5.56 Å². The number of nitrogens with two attached hydrogens (primary N) is 1. The van der Waals surface area contributed by atoms with E-state index in [4.69, 9.17) is 17.3 Å². The van der Waals surface area contributed by atoms with Gasteiger partial charge in [0.2, 0.25) is 0 Å². The maximum absolute atomic E-state index is 5.84. The van der Waals surface area contributed by atoms with Gasteiger partial charge in [0.25, 0.3) is 0 Å². The van der Waals surface area contributed by atoms with Gasteiger partial charge in [0.05, 0.1) is 0 Å². The Kier molecular flexibility index (Phi) is 2.63. The Labute approximate surface area is 78.5 Å². The molecule has 1 rings (SSSR count). The topological polar surface area (TPSA) is 26.0 Å². The minimum absolute atomic E-state index is 0.0370. The van der Waals surface area contributed by atoms with Crippen molar-refractivity contribution in [1.29, 1.82) is 0 Å². The van der Waals surface area contributed by atoms with Gasteiger partial charge in [0.15, 0.2) is 0 Å². The highest BCUT2D eigenvalue weighted by Crippen LogP contribution is 2.24. The van der Waals surface area contributed by atoms with Crippen molar-refractivity contribution in [2.75, 3.05) is 11.6 Å². The van der Waals surface area contributed by atoms with Gasteiger partial charge >= 0.3 is 0 Å². The first kappa shape index (κ1) is 9.40. The molecule has 0 radical (unpaired) electrons. The van der Waals surface area contributed by atoms with Crippen molar-refractivity contribution in [3.05, 3.63) is 29.8 Å². The Morgan fingerprint density at radius 3 is 2.17 bits per heavy atom. The van der Waals surface area contributed by atoms with Crippen molar-refractivity contribution in [3.63, 3.8) is 0 Å². The number of alkyl halides is 1. The fourth-order valence-corrected chi connectivity index (χ4v) is 1.17. The third kappa shape index (κ3) is 1.92. The second-order valence-electron chi connectivity index (χ2n) is 3.64. The van der Waals surface area contributed by atoms with Crippen LogP contribution in [0.2, 0.25) is 0 Å². The van der Waals surface area contributed by atoms with E-state index in [0.29, 0.717) is 5.88 Å². The third-order valence-corrected chi connectivity index (χ3v) is 2.69. The highest BCUT2D eigenvalue weighted by atomic mass is 35.5. The number of halogens is 1. The monoisotopic (exact) mass is 183 g/mol. The van der Waals surface area contributed by atoms with Gasteiger partial charge in [0.1, 0.15) is 0 Å². The predicted molar refractivity (Wildman–Crippen MR) is 54.6 cm³/mol. The van der Waals surface area contributed by atoms with Crippen LogP contribution in [-0.2, 0) is 5.41 Å². The van der Waals surface area contributed by atoms with Crippen molar-refractivity contribution in [2.24, 2.45) is 0 Å². The van der Waals surface area contributed by atoms with Gasteiger partial charge in [-0.3, -0.25) is 0 Å². The van der Waals surface area contributed by atoms with Crippen LogP contribution in [0.15, 0.2) is 24.3 Å². The molecule has 66 valence electrons. The van der Waals surface area contributed by atoms with E-state index in [-0.39, 0.29) is 5.41 Å². The minimum Gasteiger partial charge on any atom is -0.399 e. The molecule has 1 aromatic carbocycles. The lowest BCUT2D eigenvalue weighted by Crippen LogP contribution is -2.18. The van der Waals surface area contributed by atoms with Crippen LogP contribution in [0.5, 0.6) is 0 Å². The second-order valence-corrected chi connectivity index (χ2v) is 3.91. The molecule has 0 fully saturated rings. The van der Waals surface area contributed by atoms with Crippen molar-refractivity contribution in [1.82, 2.24) is 0 Å². The second kappa shape index (κ2) is 3.36. The van der Waals surface area contributed by atoms with Crippen molar-refractivity contribution in [2.45, 2.75) is 19.3 Å². The van der Waals surface area contributed by atoms with Gasteiger partial charge in [-0.1, -0.05) is 26.0 Å². The summed E-state index contributed by atoms with van der Waals surface area (Å²) in [6, 6.07) is 7.86. The molecule has 2 heteroatoms. The van der Waals surface area contributed by atoms with Crippen LogP contribution in [0.3, 0.4) is 0 Å². The number of anilines is 1. The lowest BCUT2D eigenvalue weighted by molar-refractivity contribution is 0.598. The highest BCUT2D eigenvalue weighted by molar-refractivity contribution is 6.18. The van der Waals surface area contributed by atoms with Gasteiger partial charge in [-0.05, 0) is 17.7 Å². The third-order valence-electron chi connectivity index (χ3n) is 2.03. The van der Waals surface area contributed by atoms with Crippen LogP contribution in [0.25, 0.3) is 0 Å². The molecular formula is C10H14ClN. The summed E-state index contributed by atoms with van der Waals surface area (Å²) < 4.78 is 0. The summed E-state index contributed by atoms with van der Waals surface area (Å²) in [6.07, 6.45) is 0. The summed E-state index contributed by atoms with van der Waals surface area (Å²) in [5.74, 6) is 0.622. The Morgan fingerprint density at radius 2 is 1.75 bits per heavy atom. The van der Waals surface area contributed by atoms with Crippen molar-refractivity contribution >= 4 is 17.3 Å². The van der Waals surface area contributed by atoms with Gasteiger partial charge in [-0.2, -0.15) is 0 Å². The molecule has 0 saturated carbocycles. The number of benzene rings is 1. The summed E-state index contributed by atoms with van der Waals surface area (Å²) in [4.78, 5) is 0. The molecule has 12 heavy (non-hydrogen) atoms. The van der Waals surface area contributed by atoms with Crippen LogP contribution in [-0.4, -0.2) is 5.88 Å². The average Bonchev–Trinajstić information content (AvgIpc) is 2.05. The summed E-state index contributed by atoms with van der Waals surface area (Å²) in [7, 11) is 0. The molecule has 0 saturated heterocycles. The molecule has 0 aliphatic heterocycles. The van der Waals surface area contributed by atoms with E-state index >= 15 is 0 Å². The molecule has 0 spiro atoms. The maximum atomic E-state index is 5.84. The van der Waals surface area contributed by atoms with Gasteiger partial charge in [0, 0.05) is 17.0 Å². The zero-order valence-electron chi connectivity index (χ0n) is 7.47. The molecule has 0 amide bonds. The molecule has 2 N–H and O–H groups in total. The Bertz CT molecular complexity index is 251. The molecule has 1 nitrogen and oxygen atoms in total. The van der Waals surface area contributed by atoms with E-state index in [1.807, 2.05) is 24.3 Å². The molecule has 0 aromatic heterocycles. The maximum Gasteiger partial charge on any atom is 0.0315 e. The summed E-state index contributed by atoms with van der Waals surface area (Å²) >= 11 is 5.84. The van der Waals surface area contributed by atoms with E-state index in [0.717, 1.165) is 5.69 Å². The highest BCUT2D eigenvalue weighted by Gasteiger charge is 2.18. The Balaban J connectivity index is 2.96. The Morgan fingerprint density at radius 1 is 1.25 bits per heavy atom. The van der Waals surface area contributed by atoms with Crippen LogP contribution >= 0.6 is 11.6 Å². The Hall–Kier alpha value is -0.690. The SMILES string of the molecule is CC(C)(CCl)c1ccc(N)cc1. The smallest absolute Gasteiger partial charge is 0.0315 e. The lowest BCUT2D eigenvalue weighted by atomic mass is 9.87. The largest absolute Gasteiger partial charge is 0.399 e. The molecule has 0 bridgehead atoms. The fourth-order valence-electron chi connectivity index (χ4n) is 1.01. The van der Waals surface area contributed by atoms with Crippen LogP contribution in [0.1, 0.15) is 19.4 Å². The summed E-state index contributed by atoms with van der Waals surface area (Å²) in [5.41, 5.74) is 7.64. The molecule has 0 atom stereocenters. The van der Waals surface area contributed by atoms with Gasteiger partial charge in [-0.25, -0.2) is 0 Å². The average molecular weight is 184 g/mol. The van der Waals surface area contributed by atoms with Crippen LogP contribution < -0.4 is 5.73 Å². The number of hydrogen-bond donors (Lipinski definition) is 1. The van der Waals surface area contributed by atoms with Crippen LogP contribution in [0.4, 0.5) is 5.69 Å². The van der Waals surface area contributed by atoms with Crippen molar-refractivity contribution < 1.29 is 0 Å². The number of hydrogen-bond acceptors (Lipinski definition) is 1. The first-order valence-electron chi connectivity index (χ1n) is 3.98.